The third kappa shape index (κ3) is 2.73. The van der Waals surface area contributed by atoms with E-state index in [-0.39, 0.29) is 17.3 Å². The van der Waals surface area contributed by atoms with Crippen LogP contribution in [0.15, 0.2) is 24.4 Å². The van der Waals surface area contributed by atoms with Crippen molar-refractivity contribution in [2.75, 3.05) is 25.0 Å². The van der Waals surface area contributed by atoms with Gasteiger partial charge in [0, 0.05) is 49.9 Å². The Morgan fingerprint density at radius 2 is 2.27 bits per heavy atom. The summed E-state index contributed by atoms with van der Waals surface area (Å²) in [4.78, 5) is 17.5. The van der Waals surface area contributed by atoms with E-state index in [4.69, 9.17) is 0 Å². The molecule has 1 fully saturated rings. The number of anilines is 1. The van der Waals surface area contributed by atoms with Crippen molar-refractivity contribution in [1.82, 2.24) is 10.3 Å². The van der Waals surface area contributed by atoms with Crippen LogP contribution >= 0.6 is 0 Å². The highest BCUT2D eigenvalue weighted by Gasteiger charge is 2.26. The quantitative estimate of drug-likeness (QED) is 0.947. The van der Waals surface area contributed by atoms with Crippen LogP contribution in [0.5, 0.6) is 0 Å². The van der Waals surface area contributed by atoms with Gasteiger partial charge in [-0.3, -0.25) is 9.78 Å². The number of rotatable bonds is 3. The van der Waals surface area contributed by atoms with Crippen LogP contribution in [0.3, 0.4) is 0 Å². The zero-order valence-corrected chi connectivity index (χ0v) is 12.3. The van der Waals surface area contributed by atoms with E-state index in [1.165, 1.54) is 12.3 Å². The second-order valence-corrected chi connectivity index (χ2v) is 5.59. The van der Waals surface area contributed by atoms with Crippen LogP contribution in [0.2, 0.25) is 0 Å². The van der Waals surface area contributed by atoms with E-state index in [2.05, 4.69) is 15.2 Å². The highest BCUT2D eigenvalue weighted by Crippen LogP contribution is 2.32. The average Bonchev–Trinajstić information content (AvgIpc) is 2.94. The van der Waals surface area contributed by atoms with E-state index in [0.717, 1.165) is 24.7 Å². The molecule has 22 heavy (non-hydrogen) atoms. The van der Waals surface area contributed by atoms with Crippen LogP contribution in [0, 0.1) is 17.6 Å². The molecule has 2 heterocycles. The number of carbonyl (C=O) groups excluding carboxylic acids is 1. The molecule has 1 saturated heterocycles. The number of carbonyl (C=O) groups is 1. The lowest BCUT2D eigenvalue weighted by Gasteiger charge is -2.20. The minimum atomic E-state index is -0.655. The lowest BCUT2D eigenvalue weighted by Crippen LogP contribution is -2.24. The van der Waals surface area contributed by atoms with E-state index in [1.807, 2.05) is 0 Å². The zero-order chi connectivity index (χ0) is 15.7. The lowest BCUT2D eigenvalue weighted by molar-refractivity contribution is -0.121. The summed E-state index contributed by atoms with van der Waals surface area (Å²) < 4.78 is 27.4. The van der Waals surface area contributed by atoms with Crippen molar-refractivity contribution >= 4 is 22.5 Å². The SMILES string of the molecule is CNC(=O)CC1CCN(c2ccnc3c(F)cc(F)cc23)C1. The zero-order valence-electron chi connectivity index (χ0n) is 12.3. The second kappa shape index (κ2) is 5.87. The molecular formula is C16H17F2N3O. The molecule has 1 atom stereocenters. The summed E-state index contributed by atoms with van der Waals surface area (Å²) in [6, 6.07) is 3.92. The number of halogens is 2. The standard InChI is InChI=1S/C16H17F2N3O/c1-19-15(22)6-10-3-5-21(9-10)14-2-4-20-16-12(14)7-11(17)8-13(16)18/h2,4,7-8,10H,3,5-6,9H2,1H3,(H,19,22). The fourth-order valence-corrected chi connectivity index (χ4v) is 3.02. The summed E-state index contributed by atoms with van der Waals surface area (Å²) in [5.74, 6) is -0.997. The maximum Gasteiger partial charge on any atom is 0.220 e. The molecule has 1 unspecified atom stereocenters. The minimum absolute atomic E-state index is 0.0172. The Hall–Kier alpha value is -2.24. The van der Waals surface area contributed by atoms with Crippen LogP contribution in [-0.2, 0) is 4.79 Å². The molecule has 0 aliphatic carbocycles. The third-order valence-electron chi connectivity index (χ3n) is 4.12. The molecule has 1 aliphatic heterocycles. The molecule has 0 radical (unpaired) electrons. The van der Waals surface area contributed by atoms with Crippen molar-refractivity contribution in [3.8, 4) is 0 Å². The summed E-state index contributed by atoms with van der Waals surface area (Å²) in [5, 5.41) is 3.10. The second-order valence-electron chi connectivity index (χ2n) is 5.59. The fourth-order valence-electron chi connectivity index (χ4n) is 3.02. The molecule has 0 bridgehead atoms. The van der Waals surface area contributed by atoms with Crippen molar-refractivity contribution < 1.29 is 13.6 Å². The van der Waals surface area contributed by atoms with Crippen molar-refractivity contribution in [3.63, 3.8) is 0 Å². The van der Waals surface area contributed by atoms with E-state index in [0.29, 0.717) is 18.4 Å². The predicted molar refractivity (Wildman–Crippen MR) is 80.7 cm³/mol. The molecule has 1 N–H and O–H groups in total. The maximum absolute atomic E-state index is 13.8. The number of amides is 1. The van der Waals surface area contributed by atoms with Crippen LogP contribution < -0.4 is 10.2 Å². The molecule has 0 spiro atoms. The van der Waals surface area contributed by atoms with Crippen LogP contribution in [0.25, 0.3) is 10.9 Å². The van der Waals surface area contributed by atoms with Gasteiger partial charge in [-0.15, -0.1) is 0 Å². The van der Waals surface area contributed by atoms with Gasteiger partial charge in [0.2, 0.25) is 5.91 Å². The Bertz CT molecular complexity index is 720. The smallest absolute Gasteiger partial charge is 0.220 e. The summed E-state index contributed by atoms with van der Waals surface area (Å²) in [6.07, 6.45) is 2.89. The van der Waals surface area contributed by atoms with Gasteiger partial charge in [0.15, 0.2) is 5.82 Å². The van der Waals surface area contributed by atoms with E-state index < -0.39 is 11.6 Å². The Labute approximate surface area is 127 Å². The highest BCUT2D eigenvalue weighted by molar-refractivity contribution is 5.92. The topological polar surface area (TPSA) is 45.2 Å². The monoisotopic (exact) mass is 305 g/mol. The van der Waals surface area contributed by atoms with Gasteiger partial charge in [-0.2, -0.15) is 0 Å². The average molecular weight is 305 g/mol. The Balaban J connectivity index is 1.90. The number of hydrogen-bond donors (Lipinski definition) is 1. The molecule has 1 aromatic heterocycles. The molecular weight excluding hydrogens is 288 g/mol. The fraction of sp³-hybridized carbons (Fsp3) is 0.375. The van der Waals surface area contributed by atoms with Crippen molar-refractivity contribution in [2.45, 2.75) is 12.8 Å². The van der Waals surface area contributed by atoms with Gasteiger partial charge in [-0.1, -0.05) is 0 Å². The first kappa shape index (κ1) is 14.7. The molecule has 3 rings (SSSR count). The molecule has 6 heteroatoms. The summed E-state index contributed by atoms with van der Waals surface area (Å²) in [5.41, 5.74) is 0.941. The largest absolute Gasteiger partial charge is 0.371 e. The third-order valence-corrected chi connectivity index (χ3v) is 4.12. The van der Waals surface area contributed by atoms with Crippen LogP contribution in [0.1, 0.15) is 12.8 Å². The normalized spacial score (nSPS) is 18.0. The Kier molecular flexibility index (Phi) is 3.92. The van der Waals surface area contributed by atoms with Crippen LogP contribution in [0.4, 0.5) is 14.5 Å². The van der Waals surface area contributed by atoms with Gasteiger partial charge >= 0.3 is 0 Å². The Morgan fingerprint density at radius 1 is 1.45 bits per heavy atom. The Morgan fingerprint density at radius 3 is 3.05 bits per heavy atom. The number of fused-ring (bicyclic) bond motifs is 1. The highest BCUT2D eigenvalue weighted by atomic mass is 19.1. The molecule has 0 saturated carbocycles. The lowest BCUT2D eigenvalue weighted by atomic mass is 10.0. The molecule has 116 valence electrons. The van der Waals surface area contributed by atoms with E-state index in [9.17, 15) is 13.6 Å². The number of aromatic nitrogens is 1. The van der Waals surface area contributed by atoms with Gasteiger partial charge in [0.1, 0.15) is 11.3 Å². The first-order chi connectivity index (χ1) is 10.6. The summed E-state index contributed by atoms with van der Waals surface area (Å²) in [6.45, 7) is 1.46. The number of hydrogen-bond acceptors (Lipinski definition) is 3. The molecule has 1 aliphatic rings. The van der Waals surface area contributed by atoms with Crippen LogP contribution in [-0.4, -0.2) is 31.0 Å². The summed E-state index contributed by atoms with van der Waals surface area (Å²) in [7, 11) is 1.62. The first-order valence-electron chi connectivity index (χ1n) is 7.27. The van der Waals surface area contributed by atoms with Gasteiger partial charge in [-0.05, 0) is 24.5 Å². The molecule has 1 aromatic carbocycles. The first-order valence-corrected chi connectivity index (χ1v) is 7.27. The van der Waals surface area contributed by atoms with Gasteiger partial charge < -0.3 is 10.2 Å². The van der Waals surface area contributed by atoms with Gasteiger partial charge in [0.25, 0.3) is 0 Å². The van der Waals surface area contributed by atoms with E-state index >= 15 is 0 Å². The predicted octanol–water partition coefficient (Wildman–Crippen LogP) is 2.48. The van der Waals surface area contributed by atoms with E-state index in [1.54, 1.807) is 13.1 Å². The number of nitrogens with zero attached hydrogens (tertiary/aromatic N) is 2. The van der Waals surface area contributed by atoms with Gasteiger partial charge in [-0.25, -0.2) is 8.78 Å². The molecule has 1 amide bonds. The number of pyridine rings is 1. The minimum Gasteiger partial charge on any atom is -0.371 e. The maximum atomic E-state index is 13.8. The van der Waals surface area contributed by atoms with Crippen molar-refractivity contribution in [3.05, 3.63) is 36.0 Å². The number of benzene rings is 1. The van der Waals surface area contributed by atoms with Gasteiger partial charge in [0.05, 0.1) is 0 Å². The van der Waals surface area contributed by atoms with Crippen molar-refractivity contribution in [2.24, 2.45) is 5.92 Å². The molecule has 4 nitrogen and oxygen atoms in total. The number of nitrogens with one attached hydrogen (secondary N) is 1. The molecule has 2 aromatic rings. The van der Waals surface area contributed by atoms with Crippen molar-refractivity contribution in [1.29, 1.82) is 0 Å². The summed E-state index contributed by atoms with van der Waals surface area (Å²) >= 11 is 0.